The van der Waals surface area contributed by atoms with E-state index in [9.17, 15) is 4.79 Å². The molecule has 1 saturated heterocycles. The lowest BCUT2D eigenvalue weighted by Gasteiger charge is -2.32. The van der Waals surface area contributed by atoms with Crippen LogP contribution in [0.2, 0.25) is 0 Å². The van der Waals surface area contributed by atoms with E-state index in [0.29, 0.717) is 11.6 Å². The van der Waals surface area contributed by atoms with E-state index in [1.807, 2.05) is 29.2 Å². The predicted molar refractivity (Wildman–Crippen MR) is 84.4 cm³/mol. The van der Waals surface area contributed by atoms with Gasteiger partial charge in [-0.1, -0.05) is 24.8 Å². The van der Waals surface area contributed by atoms with Crippen LogP contribution in [0.15, 0.2) is 36.6 Å². The van der Waals surface area contributed by atoms with Crippen molar-refractivity contribution in [3.63, 3.8) is 0 Å². The number of carbonyl (C=O) groups excluding carboxylic acids is 1. The molecule has 3 rings (SSSR count). The molecule has 0 bridgehead atoms. The second kappa shape index (κ2) is 5.85. The molecule has 110 valence electrons. The number of piperidine rings is 1. The number of rotatable bonds is 3. The van der Waals surface area contributed by atoms with Gasteiger partial charge in [0.25, 0.3) is 5.91 Å². The van der Waals surface area contributed by atoms with Crippen molar-refractivity contribution >= 4 is 27.5 Å². The molecule has 1 aromatic carbocycles. The Labute approximate surface area is 128 Å². The summed E-state index contributed by atoms with van der Waals surface area (Å²) in [5, 5.41) is 0.955. The number of hydrogen-bond acceptors (Lipinski definition) is 4. The first-order valence-corrected chi connectivity index (χ1v) is 7.84. The van der Waals surface area contributed by atoms with Crippen molar-refractivity contribution in [2.24, 2.45) is 5.92 Å². The molecular weight excluding hydrogens is 284 g/mol. The number of aromatic nitrogens is 1. The van der Waals surface area contributed by atoms with Crippen molar-refractivity contribution in [1.82, 2.24) is 9.27 Å². The maximum absolute atomic E-state index is 12.6. The third-order valence-electron chi connectivity index (χ3n) is 4.08. The Kier molecular flexibility index (Phi) is 3.92. The molecule has 1 aromatic heterocycles. The molecular formula is C16H18N2O2S. The smallest absolute Gasteiger partial charge is 0.274 e. The number of ether oxygens (including phenoxy) is 1. The molecule has 0 saturated carbocycles. The SMILES string of the molecule is C=C(OC)C1CCN(C(=O)c2nsc3ccccc23)CC1. The Morgan fingerprint density at radius 2 is 2.10 bits per heavy atom. The first-order valence-electron chi connectivity index (χ1n) is 7.07. The van der Waals surface area contributed by atoms with Gasteiger partial charge in [-0.05, 0) is 30.4 Å². The monoisotopic (exact) mass is 302 g/mol. The number of carbonyl (C=O) groups is 1. The molecule has 0 aliphatic carbocycles. The third kappa shape index (κ3) is 2.65. The van der Waals surface area contributed by atoms with E-state index in [1.165, 1.54) is 11.5 Å². The van der Waals surface area contributed by atoms with Crippen molar-refractivity contribution in [3.05, 3.63) is 42.3 Å². The van der Waals surface area contributed by atoms with E-state index in [0.717, 1.165) is 41.8 Å². The van der Waals surface area contributed by atoms with Gasteiger partial charge in [0.2, 0.25) is 0 Å². The number of hydrogen-bond donors (Lipinski definition) is 0. The number of amides is 1. The molecule has 1 aliphatic rings. The molecule has 4 nitrogen and oxygen atoms in total. The van der Waals surface area contributed by atoms with Gasteiger partial charge in [0.15, 0.2) is 0 Å². The summed E-state index contributed by atoms with van der Waals surface area (Å²) < 4.78 is 10.6. The first-order chi connectivity index (χ1) is 10.2. The van der Waals surface area contributed by atoms with E-state index in [1.54, 1.807) is 7.11 Å². The normalized spacial score (nSPS) is 16.1. The van der Waals surface area contributed by atoms with Gasteiger partial charge < -0.3 is 9.64 Å². The van der Waals surface area contributed by atoms with Crippen LogP contribution in [0.1, 0.15) is 23.3 Å². The third-order valence-corrected chi connectivity index (χ3v) is 4.91. The molecule has 2 aromatic rings. The summed E-state index contributed by atoms with van der Waals surface area (Å²) in [6, 6.07) is 7.88. The van der Waals surface area contributed by atoms with E-state index in [2.05, 4.69) is 11.0 Å². The van der Waals surface area contributed by atoms with Gasteiger partial charge in [0.05, 0.1) is 17.6 Å². The summed E-state index contributed by atoms with van der Waals surface area (Å²) in [6.45, 7) is 5.39. The van der Waals surface area contributed by atoms with Crippen LogP contribution >= 0.6 is 11.5 Å². The lowest BCUT2D eigenvalue weighted by atomic mass is 9.95. The van der Waals surface area contributed by atoms with Crippen LogP contribution in [0.25, 0.3) is 10.1 Å². The molecule has 5 heteroatoms. The van der Waals surface area contributed by atoms with Crippen molar-refractivity contribution in [3.8, 4) is 0 Å². The number of methoxy groups -OCH3 is 1. The summed E-state index contributed by atoms with van der Waals surface area (Å²) in [4.78, 5) is 14.5. The summed E-state index contributed by atoms with van der Waals surface area (Å²) in [5.74, 6) is 1.21. The summed E-state index contributed by atoms with van der Waals surface area (Å²) in [7, 11) is 1.65. The molecule has 21 heavy (non-hydrogen) atoms. The van der Waals surface area contributed by atoms with E-state index < -0.39 is 0 Å². The minimum atomic E-state index is 0.0360. The summed E-state index contributed by atoms with van der Waals surface area (Å²) in [6.07, 6.45) is 1.81. The molecule has 1 aliphatic heterocycles. The Balaban J connectivity index is 1.74. The zero-order valence-electron chi connectivity index (χ0n) is 12.0. The Hall–Kier alpha value is -1.88. The molecule has 0 N–H and O–H groups in total. The number of benzene rings is 1. The fourth-order valence-corrected chi connectivity index (χ4v) is 3.53. The Bertz CT molecular complexity index is 672. The van der Waals surface area contributed by atoms with E-state index in [4.69, 9.17) is 4.74 Å². The minimum absolute atomic E-state index is 0.0360. The summed E-state index contributed by atoms with van der Waals surface area (Å²) >= 11 is 1.38. The van der Waals surface area contributed by atoms with E-state index in [-0.39, 0.29) is 5.91 Å². The zero-order chi connectivity index (χ0) is 14.8. The average molecular weight is 302 g/mol. The quantitative estimate of drug-likeness (QED) is 0.817. The number of likely N-dealkylation sites (tertiary alicyclic amines) is 1. The molecule has 0 spiro atoms. The van der Waals surface area contributed by atoms with Crippen molar-refractivity contribution in [2.45, 2.75) is 12.8 Å². The van der Waals surface area contributed by atoms with Gasteiger partial charge in [-0.2, -0.15) is 4.37 Å². The molecule has 2 heterocycles. The number of nitrogens with zero attached hydrogens (tertiary/aromatic N) is 2. The molecule has 1 amide bonds. The topological polar surface area (TPSA) is 42.4 Å². The highest BCUT2D eigenvalue weighted by molar-refractivity contribution is 7.13. The fraction of sp³-hybridized carbons (Fsp3) is 0.375. The fourth-order valence-electron chi connectivity index (χ4n) is 2.76. The second-order valence-corrected chi connectivity index (χ2v) is 6.07. The van der Waals surface area contributed by atoms with Crippen LogP contribution in [0.3, 0.4) is 0 Å². The predicted octanol–water partition coefficient (Wildman–Crippen LogP) is 3.31. The van der Waals surface area contributed by atoms with Crippen molar-refractivity contribution < 1.29 is 9.53 Å². The number of fused-ring (bicyclic) bond motifs is 1. The van der Waals surface area contributed by atoms with Crippen LogP contribution in [-0.4, -0.2) is 35.4 Å². The maximum Gasteiger partial charge on any atom is 0.274 e. The first kappa shape index (κ1) is 14.1. The van der Waals surface area contributed by atoms with Crippen LogP contribution < -0.4 is 0 Å². The van der Waals surface area contributed by atoms with Gasteiger partial charge in [-0.3, -0.25) is 4.79 Å². The molecule has 1 fully saturated rings. The number of allylic oxidation sites excluding steroid dienone is 1. The van der Waals surface area contributed by atoms with E-state index >= 15 is 0 Å². The Morgan fingerprint density at radius 1 is 1.38 bits per heavy atom. The van der Waals surface area contributed by atoms with Gasteiger partial charge in [0, 0.05) is 24.4 Å². The second-order valence-electron chi connectivity index (χ2n) is 5.26. The highest BCUT2D eigenvalue weighted by atomic mass is 32.1. The van der Waals surface area contributed by atoms with Crippen LogP contribution in [0.4, 0.5) is 0 Å². The highest BCUT2D eigenvalue weighted by Gasteiger charge is 2.27. The molecule has 0 radical (unpaired) electrons. The standard InChI is InChI=1S/C16H18N2O2S/c1-11(20-2)12-7-9-18(10-8-12)16(19)15-13-5-3-4-6-14(13)21-17-15/h3-6,12H,1,7-10H2,2H3. The van der Waals surface area contributed by atoms with Crippen LogP contribution in [-0.2, 0) is 4.74 Å². The van der Waals surface area contributed by atoms with Crippen LogP contribution in [0.5, 0.6) is 0 Å². The van der Waals surface area contributed by atoms with Gasteiger partial charge >= 0.3 is 0 Å². The van der Waals surface area contributed by atoms with Crippen LogP contribution in [0, 0.1) is 5.92 Å². The van der Waals surface area contributed by atoms with Gasteiger partial charge in [0.1, 0.15) is 5.69 Å². The lowest BCUT2D eigenvalue weighted by Crippen LogP contribution is -2.39. The average Bonchev–Trinajstić information content (AvgIpc) is 2.97. The Morgan fingerprint density at radius 3 is 2.81 bits per heavy atom. The minimum Gasteiger partial charge on any atom is -0.501 e. The molecule has 0 unspecified atom stereocenters. The van der Waals surface area contributed by atoms with Crippen molar-refractivity contribution in [2.75, 3.05) is 20.2 Å². The zero-order valence-corrected chi connectivity index (χ0v) is 12.9. The summed E-state index contributed by atoms with van der Waals surface area (Å²) in [5.41, 5.74) is 0.583. The van der Waals surface area contributed by atoms with Gasteiger partial charge in [-0.25, -0.2) is 0 Å². The van der Waals surface area contributed by atoms with Gasteiger partial charge in [-0.15, -0.1) is 0 Å². The van der Waals surface area contributed by atoms with Crippen molar-refractivity contribution in [1.29, 1.82) is 0 Å². The largest absolute Gasteiger partial charge is 0.501 e. The maximum atomic E-state index is 12.6. The highest BCUT2D eigenvalue weighted by Crippen LogP contribution is 2.27. The lowest BCUT2D eigenvalue weighted by molar-refractivity contribution is 0.0676. The molecule has 0 atom stereocenters.